The molecule has 3 heteroatoms. The van der Waals surface area contributed by atoms with Gasteiger partial charge in [-0.05, 0) is 42.9 Å². The van der Waals surface area contributed by atoms with Crippen molar-refractivity contribution in [3.63, 3.8) is 0 Å². The lowest BCUT2D eigenvalue weighted by molar-refractivity contribution is 0.471. The van der Waals surface area contributed by atoms with E-state index in [1.54, 1.807) is 6.07 Å². The molecule has 2 aliphatic rings. The van der Waals surface area contributed by atoms with Crippen LogP contribution in [0.2, 0.25) is 0 Å². The Bertz CT molecular complexity index is 488. The Hall–Kier alpha value is -1.51. The minimum atomic E-state index is 0.371. The quantitative estimate of drug-likeness (QED) is 0.840. The molecule has 2 N–H and O–H groups in total. The molecule has 1 aliphatic heterocycles. The van der Waals surface area contributed by atoms with Crippen LogP contribution >= 0.6 is 0 Å². The molecule has 1 aliphatic carbocycles. The van der Waals surface area contributed by atoms with Crippen molar-refractivity contribution in [1.29, 1.82) is 0 Å². The number of rotatable bonds is 2. The van der Waals surface area contributed by atoms with Crippen molar-refractivity contribution >= 4 is 5.84 Å². The van der Waals surface area contributed by atoms with Gasteiger partial charge in [0.05, 0.1) is 12.1 Å². The minimum absolute atomic E-state index is 0.371. The van der Waals surface area contributed by atoms with Gasteiger partial charge >= 0.3 is 0 Å². The molecule has 1 aromatic rings. The van der Waals surface area contributed by atoms with Gasteiger partial charge in [-0.15, -0.1) is 0 Å². The summed E-state index contributed by atoms with van der Waals surface area (Å²) in [6.45, 7) is 3.84. The van der Waals surface area contributed by atoms with Gasteiger partial charge in [-0.2, -0.15) is 0 Å². The van der Waals surface area contributed by atoms with Crippen LogP contribution in [0.25, 0.3) is 0 Å². The maximum Gasteiger partial charge on any atom is 0.132 e. The van der Waals surface area contributed by atoms with E-state index in [2.05, 4.69) is 17.2 Å². The average Bonchev–Trinajstić information content (AvgIpc) is 3.02. The second-order valence-electron chi connectivity index (χ2n) is 5.33. The van der Waals surface area contributed by atoms with E-state index in [0.717, 1.165) is 24.5 Å². The molecule has 1 fully saturated rings. The van der Waals surface area contributed by atoms with Crippen molar-refractivity contribution < 1.29 is 5.11 Å². The fourth-order valence-corrected chi connectivity index (χ4v) is 3.27. The van der Waals surface area contributed by atoms with Crippen LogP contribution in [0.3, 0.4) is 0 Å². The molecular weight excluding hydrogens is 224 g/mol. The number of nitrogens with one attached hydrogen (secondary N) is 1. The molecule has 96 valence electrons. The SMILES string of the molecule is Cc1ccc(O)c(C2=NCCN2)c1C1CCCC1. The van der Waals surface area contributed by atoms with Gasteiger partial charge in [-0.25, -0.2) is 0 Å². The molecule has 3 nitrogen and oxygen atoms in total. The molecule has 0 spiro atoms. The van der Waals surface area contributed by atoms with E-state index in [4.69, 9.17) is 0 Å². The second kappa shape index (κ2) is 4.63. The fourth-order valence-electron chi connectivity index (χ4n) is 3.27. The van der Waals surface area contributed by atoms with Gasteiger partial charge < -0.3 is 10.4 Å². The predicted octanol–water partition coefficient (Wildman–Crippen LogP) is 2.71. The van der Waals surface area contributed by atoms with Gasteiger partial charge in [0.15, 0.2) is 0 Å². The summed E-state index contributed by atoms with van der Waals surface area (Å²) in [4.78, 5) is 4.49. The zero-order valence-corrected chi connectivity index (χ0v) is 10.9. The number of hydrogen-bond donors (Lipinski definition) is 2. The van der Waals surface area contributed by atoms with Crippen molar-refractivity contribution in [1.82, 2.24) is 5.32 Å². The summed E-state index contributed by atoms with van der Waals surface area (Å²) in [5.41, 5.74) is 3.56. The normalized spacial score (nSPS) is 19.9. The molecule has 1 saturated carbocycles. The van der Waals surface area contributed by atoms with Crippen molar-refractivity contribution in [2.75, 3.05) is 13.1 Å². The number of aromatic hydroxyl groups is 1. The molecule has 0 radical (unpaired) electrons. The zero-order valence-electron chi connectivity index (χ0n) is 10.9. The summed E-state index contributed by atoms with van der Waals surface area (Å²) in [5.74, 6) is 1.85. The van der Waals surface area contributed by atoms with E-state index in [-0.39, 0.29) is 0 Å². The van der Waals surface area contributed by atoms with Gasteiger partial charge in [0.2, 0.25) is 0 Å². The summed E-state index contributed by atoms with van der Waals surface area (Å²) >= 11 is 0. The van der Waals surface area contributed by atoms with Gasteiger partial charge in [0, 0.05) is 6.54 Å². The molecule has 0 bridgehead atoms. The first kappa shape index (κ1) is 11.6. The van der Waals surface area contributed by atoms with Gasteiger partial charge in [-0.1, -0.05) is 18.9 Å². The lowest BCUT2D eigenvalue weighted by Crippen LogP contribution is -2.22. The number of benzene rings is 1. The zero-order chi connectivity index (χ0) is 12.5. The topological polar surface area (TPSA) is 44.6 Å². The van der Waals surface area contributed by atoms with Crippen LogP contribution < -0.4 is 5.32 Å². The van der Waals surface area contributed by atoms with Crippen LogP contribution in [0.4, 0.5) is 0 Å². The fraction of sp³-hybridized carbons (Fsp3) is 0.533. The third kappa shape index (κ3) is 1.88. The number of nitrogens with zero attached hydrogens (tertiary/aromatic N) is 1. The van der Waals surface area contributed by atoms with E-state index in [0.29, 0.717) is 11.7 Å². The highest BCUT2D eigenvalue weighted by Crippen LogP contribution is 2.40. The summed E-state index contributed by atoms with van der Waals surface area (Å²) in [5, 5.41) is 13.5. The highest BCUT2D eigenvalue weighted by molar-refractivity contribution is 6.03. The van der Waals surface area contributed by atoms with Crippen molar-refractivity contribution in [3.8, 4) is 5.75 Å². The molecule has 1 aromatic carbocycles. The van der Waals surface area contributed by atoms with Crippen molar-refractivity contribution in [3.05, 3.63) is 28.8 Å². The van der Waals surface area contributed by atoms with E-state index in [1.807, 2.05) is 6.07 Å². The molecule has 0 saturated heterocycles. The molecule has 0 unspecified atom stereocenters. The van der Waals surface area contributed by atoms with Crippen LogP contribution in [0.15, 0.2) is 17.1 Å². The molecule has 0 aromatic heterocycles. The van der Waals surface area contributed by atoms with E-state index < -0.39 is 0 Å². The average molecular weight is 244 g/mol. The number of hydrogen-bond acceptors (Lipinski definition) is 3. The predicted molar refractivity (Wildman–Crippen MR) is 73.5 cm³/mol. The number of amidine groups is 1. The second-order valence-corrected chi connectivity index (χ2v) is 5.33. The smallest absolute Gasteiger partial charge is 0.132 e. The molecule has 18 heavy (non-hydrogen) atoms. The van der Waals surface area contributed by atoms with Crippen LogP contribution in [0, 0.1) is 6.92 Å². The number of aryl methyl sites for hydroxylation is 1. The summed E-state index contributed by atoms with van der Waals surface area (Å²) in [6, 6.07) is 3.83. The summed E-state index contributed by atoms with van der Waals surface area (Å²) in [7, 11) is 0. The third-order valence-electron chi connectivity index (χ3n) is 4.12. The van der Waals surface area contributed by atoms with Gasteiger partial charge in [-0.3, -0.25) is 4.99 Å². The van der Waals surface area contributed by atoms with Gasteiger partial charge in [0.25, 0.3) is 0 Å². The third-order valence-corrected chi connectivity index (χ3v) is 4.12. The van der Waals surface area contributed by atoms with E-state index >= 15 is 0 Å². The Morgan fingerprint density at radius 3 is 2.72 bits per heavy atom. The number of phenols is 1. The number of aliphatic imine (C=N–C) groups is 1. The first-order valence-corrected chi connectivity index (χ1v) is 6.88. The highest BCUT2D eigenvalue weighted by Gasteiger charge is 2.26. The molecular formula is C15H20N2O. The summed E-state index contributed by atoms with van der Waals surface area (Å²) < 4.78 is 0. The Kier molecular flexibility index (Phi) is 2.98. The Labute approximate surface area is 108 Å². The monoisotopic (exact) mass is 244 g/mol. The van der Waals surface area contributed by atoms with E-state index in [1.165, 1.54) is 36.8 Å². The first-order chi connectivity index (χ1) is 8.77. The van der Waals surface area contributed by atoms with Gasteiger partial charge in [0.1, 0.15) is 11.6 Å². The summed E-state index contributed by atoms with van der Waals surface area (Å²) in [6.07, 6.45) is 5.09. The highest BCUT2D eigenvalue weighted by atomic mass is 16.3. The maximum atomic E-state index is 10.2. The molecule has 3 rings (SSSR count). The largest absolute Gasteiger partial charge is 0.507 e. The van der Waals surface area contributed by atoms with Crippen LogP contribution in [0.1, 0.15) is 48.3 Å². The molecule has 1 heterocycles. The van der Waals surface area contributed by atoms with E-state index in [9.17, 15) is 5.11 Å². The van der Waals surface area contributed by atoms with Crippen molar-refractivity contribution in [2.45, 2.75) is 38.5 Å². The number of phenolic OH excluding ortho intramolecular Hbond substituents is 1. The Morgan fingerprint density at radius 1 is 1.28 bits per heavy atom. The minimum Gasteiger partial charge on any atom is -0.507 e. The molecule has 0 atom stereocenters. The van der Waals surface area contributed by atoms with Crippen LogP contribution in [0.5, 0.6) is 5.75 Å². The standard InChI is InChI=1S/C15H20N2O/c1-10-6-7-12(18)14(15-16-8-9-17-15)13(10)11-4-2-3-5-11/h6-7,11,18H,2-5,8-9H2,1H3,(H,16,17). The lowest BCUT2D eigenvalue weighted by Gasteiger charge is -2.19. The first-order valence-electron chi connectivity index (χ1n) is 6.88. The lowest BCUT2D eigenvalue weighted by atomic mass is 9.88. The Morgan fingerprint density at radius 2 is 2.06 bits per heavy atom. The van der Waals surface area contributed by atoms with Crippen LogP contribution in [-0.2, 0) is 0 Å². The maximum absolute atomic E-state index is 10.2. The van der Waals surface area contributed by atoms with Crippen molar-refractivity contribution in [2.24, 2.45) is 4.99 Å². The molecule has 0 amide bonds. The Balaban J connectivity index is 2.11. The van der Waals surface area contributed by atoms with Crippen LogP contribution in [-0.4, -0.2) is 24.0 Å².